The molecule has 0 spiro atoms. The number of nitrogens with two attached hydrogens (primary N) is 1. The van der Waals surface area contributed by atoms with Gasteiger partial charge in [-0.3, -0.25) is 33.6 Å². The predicted molar refractivity (Wildman–Crippen MR) is 245 cm³/mol. The van der Waals surface area contributed by atoms with Crippen molar-refractivity contribution in [3.8, 4) is 0 Å². The second-order valence-corrected chi connectivity index (χ2v) is 16.2. The molecule has 61 heavy (non-hydrogen) atoms. The SMILES string of the molecule is CC(=O)O.CC(C)(C)OC(=O)ON.CCC.CCC(=O)CCCC(=O)OC(C)(C)C.CCC(=O)O.CCCC(=O)CC.CCCC(=O)OC(C)(C)C.CCCCCC(=O)CC.[H+]. The summed E-state index contributed by atoms with van der Waals surface area (Å²) in [6.45, 7) is 35.0. The zero-order chi connectivity index (χ0) is 50.3. The molecule has 0 saturated carbocycles. The second kappa shape index (κ2) is 50.5. The number of esters is 2. The third-order valence-electron chi connectivity index (χ3n) is 5.69. The molecule has 15 nitrogen and oxygen atoms in total. The summed E-state index contributed by atoms with van der Waals surface area (Å²) in [4.78, 5) is 86.4. The highest BCUT2D eigenvalue weighted by Crippen LogP contribution is 2.11. The molecule has 0 heterocycles. The number of rotatable bonds is 16. The number of unbranched alkanes of at least 4 members (excludes halogenated alkanes) is 2. The van der Waals surface area contributed by atoms with Crippen molar-refractivity contribution in [1.29, 1.82) is 0 Å². The summed E-state index contributed by atoms with van der Waals surface area (Å²) in [6, 6.07) is 0. The van der Waals surface area contributed by atoms with Crippen molar-refractivity contribution in [1.82, 2.24) is 0 Å². The van der Waals surface area contributed by atoms with Gasteiger partial charge in [0.05, 0.1) is 0 Å². The van der Waals surface area contributed by atoms with Gasteiger partial charge in [-0.05, 0) is 88.0 Å². The minimum Gasteiger partial charge on any atom is -0.481 e. The van der Waals surface area contributed by atoms with Gasteiger partial charge in [-0.1, -0.05) is 81.6 Å². The topological polar surface area (TPSA) is 240 Å². The molecule has 0 aromatic rings. The van der Waals surface area contributed by atoms with E-state index in [-0.39, 0.29) is 31.2 Å². The van der Waals surface area contributed by atoms with Crippen LogP contribution in [0.3, 0.4) is 0 Å². The van der Waals surface area contributed by atoms with Crippen LogP contribution in [-0.2, 0) is 52.6 Å². The van der Waals surface area contributed by atoms with Crippen LogP contribution in [-0.4, -0.2) is 74.4 Å². The van der Waals surface area contributed by atoms with E-state index in [0.29, 0.717) is 56.5 Å². The Morgan fingerprint density at radius 1 is 0.459 bits per heavy atom. The maximum Gasteiger partial charge on any atom is 1.00 e. The Labute approximate surface area is 372 Å². The zero-order valence-corrected chi connectivity index (χ0v) is 42.2. The Kier molecular flexibility index (Phi) is 61.7. The van der Waals surface area contributed by atoms with Crippen LogP contribution in [0.4, 0.5) is 4.79 Å². The van der Waals surface area contributed by atoms with Crippen LogP contribution in [0.15, 0.2) is 0 Å². The minimum atomic E-state index is -0.859. The molecule has 15 heteroatoms. The van der Waals surface area contributed by atoms with Crippen molar-refractivity contribution >= 4 is 47.4 Å². The van der Waals surface area contributed by atoms with Gasteiger partial charge >= 0.3 is 25.5 Å². The number of carbonyl (C=O) groups excluding carboxylic acids is 6. The number of Topliss-reactive ketones (excluding diaryl/α,β-unsaturated/α-hetero) is 3. The summed E-state index contributed by atoms with van der Waals surface area (Å²) in [6.07, 6.45) is 11.4. The Balaban J connectivity index is -0.0000000765. The molecule has 0 aliphatic carbocycles. The Bertz CT molecular complexity index is 1100. The Morgan fingerprint density at radius 3 is 0.967 bits per heavy atom. The molecule has 0 aromatic heterocycles. The van der Waals surface area contributed by atoms with Gasteiger partial charge in [0.15, 0.2) is 0 Å². The van der Waals surface area contributed by atoms with Gasteiger partial charge in [0.2, 0.25) is 0 Å². The summed E-state index contributed by atoms with van der Waals surface area (Å²) in [5, 5.41) is 15.1. The van der Waals surface area contributed by atoms with Crippen LogP contribution >= 0.6 is 0 Å². The maximum absolute atomic E-state index is 11.2. The van der Waals surface area contributed by atoms with Gasteiger partial charge < -0.3 is 29.3 Å². The standard InChI is InChI=1S/C11H20O3.C8H16O2.C8H16O.C6H12O.C5H11NO3.C3H6O2.C3H8.C2H4O2/c1-5-9(12)7-6-8-10(13)14-11(2,3)4;1-5-6-7(9)10-8(2,3)4;1-3-5-6-7-8(9)4-2;1-3-5-6(7)4-2;1-5(2,3)8-4(7)9-6;1-2-3(4)5;1-3-2;1-2(3)4/h5-8H2,1-4H3;5-6H2,1-4H3;3-7H2,1-2H3;3-5H2,1-2H3;6H2,1-3H3;2H2,1H3,(H,4,5);3H2,1-2H3;1H3,(H,3,4)/p+1. The molecule has 0 fully saturated rings. The van der Waals surface area contributed by atoms with Crippen LogP contribution in [0.2, 0.25) is 0 Å². The molecule has 0 bridgehead atoms. The number of hydrogen-bond acceptors (Lipinski definition) is 13. The average Bonchev–Trinajstić information content (AvgIpc) is 3.11. The number of carboxylic acids is 2. The van der Waals surface area contributed by atoms with Crippen molar-refractivity contribution in [2.75, 3.05) is 0 Å². The van der Waals surface area contributed by atoms with E-state index in [1.807, 2.05) is 76.2 Å². The lowest BCUT2D eigenvalue weighted by Gasteiger charge is -2.19. The number of ether oxygens (including phenoxy) is 3. The zero-order valence-electron chi connectivity index (χ0n) is 43.2. The molecule has 0 rings (SSSR count). The molecule has 366 valence electrons. The summed E-state index contributed by atoms with van der Waals surface area (Å²) >= 11 is 0. The Morgan fingerprint density at radius 2 is 0.754 bits per heavy atom. The highest BCUT2D eigenvalue weighted by molar-refractivity contribution is 5.79. The molecule has 0 unspecified atom stereocenters. The van der Waals surface area contributed by atoms with Gasteiger partial charge in [0.25, 0.3) is 5.97 Å². The molecule has 0 amide bonds. The molecule has 4 N–H and O–H groups in total. The normalized spacial score (nSPS) is 9.70. The minimum absolute atomic E-state index is 0. The van der Waals surface area contributed by atoms with Crippen LogP contribution in [0.5, 0.6) is 0 Å². The van der Waals surface area contributed by atoms with Crippen molar-refractivity contribution < 1.29 is 69.0 Å². The lowest BCUT2D eigenvalue weighted by Crippen LogP contribution is -2.25. The number of carboxylic acid groups (broad SMARTS) is 2. The molecule has 0 aliphatic rings. The quantitative estimate of drug-likeness (QED) is 0.0565. The fourth-order valence-electron chi connectivity index (χ4n) is 3.07. The lowest BCUT2D eigenvalue weighted by atomic mass is 10.1. The highest BCUT2D eigenvalue weighted by atomic mass is 16.8. The van der Waals surface area contributed by atoms with E-state index in [0.717, 1.165) is 39.0 Å². The molecular formula is C46H94NO14+. The van der Waals surface area contributed by atoms with E-state index in [1.165, 1.54) is 19.3 Å². The third-order valence-corrected chi connectivity index (χ3v) is 5.69. The Hall–Kier alpha value is -3.88. The fraction of sp³-hybridized carbons (Fsp3) is 0.826. The molecule has 0 aliphatic heterocycles. The lowest BCUT2D eigenvalue weighted by molar-refractivity contribution is -0.156. The number of carbonyl (C=O) groups is 8. The van der Waals surface area contributed by atoms with E-state index in [1.54, 1.807) is 27.7 Å². The summed E-state index contributed by atoms with van der Waals surface area (Å²) in [5.41, 5.74) is -1.28. The van der Waals surface area contributed by atoms with Gasteiger partial charge in [0, 0.05) is 64.7 Å². The summed E-state index contributed by atoms with van der Waals surface area (Å²) in [5.74, 6) is 3.59. The first-order valence-electron chi connectivity index (χ1n) is 21.8. The first-order chi connectivity index (χ1) is 27.8. The van der Waals surface area contributed by atoms with Crippen molar-refractivity contribution in [2.45, 2.75) is 251 Å². The second-order valence-electron chi connectivity index (χ2n) is 16.2. The smallest absolute Gasteiger partial charge is 0.481 e. The van der Waals surface area contributed by atoms with E-state index in [4.69, 9.17) is 24.5 Å². The molecule has 0 radical (unpaired) electrons. The third kappa shape index (κ3) is 113. The molecule has 0 aromatic carbocycles. The molecule has 0 saturated heterocycles. The van der Waals surface area contributed by atoms with E-state index in [2.05, 4.69) is 36.2 Å². The van der Waals surface area contributed by atoms with E-state index < -0.39 is 29.3 Å². The molecule has 0 atom stereocenters. The average molecular weight is 885 g/mol. The van der Waals surface area contributed by atoms with Crippen LogP contribution in [0, 0.1) is 0 Å². The summed E-state index contributed by atoms with van der Waals surface area (Å²) < 4.78 is 14.7. The van der Waals surface area contributed by atoms with Gasteiger partial charge in [-0.15, -0.1) is 0 Å². The van der Waals surface area contributed by atoms with E-state index >= 15 is 0 Å². The van der Waals surface area contributed by atoms with Gasteiger partial charge in [0.1, 0.15) is 34.2 Å². The summed E-state index contributed by atoms with van der Waals surface area (Å²) in [7, 11) is 0. The first-order valence-corrected chi connectivity index (χ1v) is 21.8. The van der Waals surface area contributed by atoms with Gasteiger partial charge in [-0.25, -0.2) is 4.79 Å². The monoisotopic (exact) mass is 885 g/mol. The largest absolute Gasteiger partial charge is 1.00 e. The first kappa shape index (κ1) is 74.6. The van der Waals surface area contributed by atoms with Crippen molar-refractivity contribution in [3.05, 3.63) is 0 Å². The molecular weight excluding hydrogens is 790 g/mol. The van der Waals surface area contributed by atoms with E-state index in [9.17, 15) is 33.6 Å². The number of hydrogen-bond donors (Lipinski definition) is 3. The maximum atomic E-state index is 11.2. The van der Waals surface area contributed by atoms with Crippen molar-refractivity contribution in [3.63, 3.8) is 0 Å². The van der Waals surface area contributed by atoms with Crippen LogP contribution in [0.1, 0.15) is 236 Å². The van der Waals surface area contributed by atoms with Crippen LogP contribution in [0.25, 0.3) is 0 Å². The predicted octanol–water partition coefficient (Wildman–Crippen LogP) is 11.8. The number of ketones is 3. The van der Waals surface area contributed by atoms with Crippen molar-refractivity contribution in [2.24, 2.45) is 5.90 Å². The van der Waals surface area contributed by atoms with Gasteiger partial charge in [-0.2, -0.15) is 5.90 Å². The number of aliphatic carboxylic acids is 2. The van der Waals surface area contributed by atoms with Crippen LogP contribution < -0.4 is 5.90 Å². The fourth-order valence-corrected chi connectivity index (χ4v) is 3.07. The highest BCUT2D eigenvalue weighted by Gasteiger charge is 2.17.